The average Bonchev–Trinajstić information content (AvgIpc) is 2.66. The number of nitrogens with zero attached hydrogens (tertiary/aromatic N) is 1. The van der Waals surface area contributed by atoms with E-state index >= 15 is 0 Å². The maximum Gasteiger partial charge on any atom is 0.416 e. The van der Waals surface area contributed by atoms with Gasteiger partial charge in [-0.15, -0.1) is 0 Å². The zero-order valence-electron chi connectivity index (χ0n) is 14.9. The van der Waals surface area contributed by atoms with Crippen LogP contribution in [0.2, 0.25) is 0 Å². The Morgan fingerprint density at radius 1 is 0.963 bits per heavy atom. The van der Waals surface area contributed by atoms with E-state index in [2.05, 4.69) is 4.98 Å². The van der Waals surface area contributed by atoms with Gasteiger partial charge in [-0.3, -0.25) is 0 Å². The number of rotatable bonds is 5. The van der Waals surface area contributed by atoms with Gasteiger partial charge in [-0.1, -0.05) is 24.3 Å². The molecule has 6 heteroatoms. The Hall–Kier alpha value is -3.02. The molecule has 0 saturated carbocycles. The van der Waals surface area contributed by atoms with Gasteiger partial charge in [0.25, 0.3) is 0 Å². The van der Waals surface area contributed by atoms with Gasteiger partial charge in [-0.25, -0.2) is 4.98 Å². The van der Waals surface area contributed by atoms with Crippen molar-refractivity contribution in [1.29, 1.82) is 0 Å². The minimum absolute atomic E-state index is 0.0489. The molecule has 1 aromatic heterocycles. The first-order valence-corrected chi connectivity index (χ1v) is 8.27. The van der Waals surface area contributed by atoms with Crippen LogP contribution in [0.3, 0.4) is 0 Å². The molecule has 2 aromatic carbocycles. The number of aromatic nitrogens is 1. The molecule has 140 valence electrons. The summed E-state index contributed by atoms with van der Waals surface area (Å²) < 4.78 is 49.3. The zero-order valence-corrected chi connectivity index (χ0v) is 14.9. The molecule has 0 aliphatic rings. The second kappa shape index (κ2) is 7.70. The van der Waals surface area contributed by atoms with Gasteiger partial charge < -0.3 is 9.47 Å². The Kier molecular flexibility index (Phi) is 5.35. The Labute approximate surface area is 155 Å². The molecule has 0 N–H and O–H groups in total. The molecule has 0 bridgehead atoms. The summed E-state index contributed by atoms with van der Waals surface area (Å²) in [6.45, 7) is 1.95. The molecule has 0 aliphatic carbocycles. The number of ether oxygens (including phenoxy) is 2. The molecule has 0 radical (unpaired) electrons. The lowest BCUT2D eigenvalue weighted by Crippen LogP contribution is -2.06. The van der Waals surface area contributed by atoms with Crippen molar-refractivity contribution >= 4 is 0 Å². The van der Waals surface area contributed by atoms with Gasteiger partial charge in [0.2, 0.25) is 5.88 Å². The van der Waals surface area contributed by atoms with Crippen molar-refractivity contribution in [3.63, 3.8) is 0 Å². The van der Waals surface area contributed by atoms with Crippen LogP contribution in [0.1, 0.15) is 16.7 Å². The summed E-state index contributed by atoms with van der Waals surface area (Å²) in [5.74, 6) is 1.13. The van der Waals surface area contributed by atoms with E-state index in [4.69, 9.17) is 9.47 Å². The lowest BCUT2D eigenvalue weighted by Gasteiger charge is -2.11. The van der Waals surface area contributed by atoms with Crippen LogP contribution >= 0.6 is 0 Å². The number of methoxy groups -OCH3 is 1. The SMILES string of the molecule is COc1ncc(-c2cccc(OCc3cccc(C(F)(F)F)c3)c2)cc1C. The minimum atomic E-state index is -4.37. The molecular formula is C21H18F3NO2. The maximum absolute atomic E-state index is 12.8. The highest BCUT2D eigenvalue weighted by molar-refractivity contribution is 5.65. The van der Waals surface area contributed by atoms with E-state index in [1.807, 2.05) is 31.2 Å². The average molecular weight is 373 g/mol. The van der Waals surface area contributed by atoms with Gasteiger partial charge in [0, 0.05) is 17.3 Å². The molecule has 0 amide bonds. The molecule has 0 unspecified atom stereocenters. The van der Waals surface area contributed by atoms with Crippen molar-refractivity contribution in [3.05, 3.63) is 77.5 Å². The van der Waals surface area contributed by atoms with Crippen molar-refractivity contribution in [2.24, 2.45) is 0 Å². The first-order valence-electron chi connectivity index (χ1n) is 8.27. The third kappa shape index (κ3) is 4.58. The van der Waals surface area contributed by atoms with Gasteiger partial charge in [-0.05, 0) is 48.4 Å². The molecular weight excluding hydrogens is 355 g/mol. The number of aryl methyl sites for hydroxylation is 1. The van der Waals surface area contributed by atoms with Gasteiger partial charge in [0.1, 0.15) is 12.4 Å². The smallest absolute Gasteiger partial charge is 0.416 e. The van der Waals surface area contributed by atoms with Gasteiger partial charge >= 0.3 is 6.18 Å². The van der Waals surface area contributed by atoms with Crippen LogP contribution in [0.15, 0.2) is 60.8 Å². The summed E-state index contributed by atoms with van der Waals surface area (Å²) in [6, 6.07) is 14.4. The number of halogens is 3. The summed E-state index contributed by atoms with van der Waals surface area (Å²) in [6.07, 6.45) is -2.66. The summed E-state index contributed by atoms with van der Waals surface area (Å²) >= 11 is 0. The summed E-state index contributed by atoms with van der Waals surface area (Å²) in [4.78, 5) is 4.26. The number of hydrogen-bond donors (Lipinski definition) is 0. The van der Waals surface area contributed by atoms with E-state index < -0.39 is 11.7 Å². The normalized spacial score (nSPS) is 11.3. The Bertz CT molecular complexity index is 939. The fourth-order valence-electron chi connectivity index (χ4n) is 2.70. The first-order chi connectivity index (χ1) is 12.9. The van der Waals surface area contributed by atoms with Gasteiger partial charge in [0.05, 0.1) is 12.7 Å². The zero-order chi connectivity index (χ0) is 19.4. The number of hydrogen-bond acceptors (Lipinski definition) is 3. The molecule has 0 spiro atoms. The van der Waals surface area contributed by atoms with Crippen LogP contribution in [-0.4, -0.2) is 12.1 Å². The number of pyridine rings is 1. The molecule has 0 fully saturated rings. The van der Waals surface area contributed by atoms with Crippen LogP contribution in [0, 0.1) is 6.92 Å². The summed E-state index contributed by atoms with van der Waals surface area (Å²) in [5, 5.41) is 0. The standard InChI is InChI=1S/C21H18F3NO2/c1-14-9-17(12-25-20(14)26-2)16-6-4-8-19(11-16)27-13-15-5-3-7-18(10-15)21(22,23)24/h3-12H,13H2,1-2H3. The second-order valence-electron chi connectivity index (χ2n) is 6.06. The van der Waals surface area contributed by atoms with Crippen LogP contribution in [0.5, 0.6) is 11.6 Å². The van der Waals surface area contributed by atoms with Crippen LogP contribution in [0.4, 0.5) is 13.2 Å². The van der Waals surface area contributed by atoms with Crippen LogP contribution in [-0.2, 0) is 12.8 Å². The lowest BCUT2D eigenvalue weighted by atomic mass is 10.1. The van der Waals surface area contributed by atoms with E-state index in [-0.39, 0.29) is 6.61 Å². The molecule has 27 heavy (non-hydrogen) atoms. The minimum Gasteiger partial charge on any atom is -0.489 e. The van der Waals surface area contributed by atoms with E-state index in [0.717, 1.165) is 28.8 Å². The van der Waals surface area contributed by atoms with E-state index in [9.17, 15) is 13.2 Å². The molecule has 3 aromatic rings. The second-order valence-corrected chi connectivity index (χ2v) is 6.06. The highest BCUT2D eigenvalue weighted by atomic mass is 19.4. The summed E-state index contributed by atoms with van der Waals surface area (Å²) in [5.41, 5.74) is 2.48. The fourth-order valence-corrected chi connectivity index (χ4v) is 2.70. The predicted octanol–water partition coefficient (Wildman–Crippen LogP) is 5.66. The fraction of sp³-hybridized carbons (Fsp3) is 0.190. The van der Waals surface area contributed by atoms with Crippen molar-refractivity contribution < 1.29 is 22.6 Å². The molecule has 0 saturated heterocycles. The van der Waals surface area contributed by atoms with E-state index in [0.29, 0.717) is 17.2 Å². The highest BCUT2D eigenvalue weighted by Crippen LogP contribution is 2.30. The maximum atomic E-state index is 12.8. The highest BCUT2D eigenvalue weighted by Gasteiger charge is 2.30. The first kappa shape index (κ1) is 18.8. The molecule has 0 aliphatic heterocycles. The Balaban J connectivity index is 1.76. The van der Waals surface area contributed by atoms with Gasteiger partial charge in [-0.2, -0.15) is 13.2 Å². The van der Waals surface area contributed by atoms with Crippen molar-refractivity contribution in [1.82, 2.24) is 4.98 Å². The Morgan fingerprint density at radius 2 is 1.74 bits per heavy atom. The topological polar surface area (TPSA) is 31.4 Å². The molecule has 1 heterocycles. The van der Waals surface area contributed by atoms with Crippen molar-refractivity contribution in [2.75, 3.05) is 7.11 Å². The monoisotopic (exact) mass is 373 g/mol. The lowest BCUT2D eigenvalue weighted by molar-refractivity contribution is -0.137. The van der Waals surface area contributed by atoms with Crippen LogP contribution in [0.25, 0.3) is 11.1 Å². The molecule has 3 rings (SSSR count). The predicted molar refractivity (Wildman–Crippen MR) is 96.7 cm³/mol. The van der Waals surface area contributed by atoms with Crippen molar-refractivity contribution in [2.45, 2.75) is 19.7 Å². The van der Waals surface area contributed by atoms with Gasteiger partial charge in [0.15, 0.2) is 0 Å². The van der Waals surface area contributed by atoms with Crippen LogP contribution < -0.4 is 9.47 Å². The third-order valence-electron chi connectivity index (χ3n) is 4.05. The molecule has 3 nitrogen and oxygen atoms in total. The molecule has 0 atom stereocenters. The summed E-state index contributed by atoms with van der Waals surface area (Å²) in [7, 11) is 1.57. The number of benzene rings is 2. The quantitative estimate of drug-likeness (QED) is 0.578. The van der Waals surface area contributed by atoms with E-state index in [1.165, 1.54) is 6.07 Å². The number of alkyl halides is 3. The third-order valence-corrected chi connectivity index (χ3v) is 4.05. The van der Waals surface area contributed by atoms with E-state index in [1.54, 1.807) is 25.4 Å². The Morgan fingerprint density at radius 3 is 2.44 bits per heavy atom. The van der Waals surface area contributed by atoms with Crippen molar-refractivity contribution in [3.8, 4) is 22.8 Å². The largest absolute Gasteiger partial charge is 0.489 e.